The van der Waals surface area contributed by atoms with Crippen molar-refractivity contribution >= 4 is 17.5 Å². The number of rotatable bonds is 3. The molecule has 0 aliphatic carbocycles. The molecule has 1 heterocycles. The summed E-state index contributed by atoms with van der Waals surface area (Å²) in [6.07, 6.45) is -0.440. The maximum atomic E-state index is 12.2. The van der Waals surface area contributed by atoms with E-state index in [1.807, 2.05) is 4.90 Å². The van der Waals surface area contributed by atoms with E-state index in [4.69, 9.17) is 4.74 Å². The molecule has 2 rings (SSSR count). The summed E-state index contributed by atoms with van der Waals surface area (Å²) < 4.78 is 5.37. The van der Waals surface area contributed by atoms with Crippen molar-refractivity contribution in [2.24, 2.45) is 0 Å². The molecule has 0 aromatic heterocycles. The lowest BCUT2D eigenvalue weighted by Crippen LogP contribution is -2.57. The normalized spacial score (nSPS) is 18.4. The van der Waals surface area contributed by atoms with Gasteiger partial charge in [0.25, 0.3) is 5.69 Å². The summed E-state index contributed by atoms with van der Waals surface area (Å²) in [6, 6.07) is 5.86. The van der Waals surface area contributed by atoms with Crippen LogP contribution in [0.5, 0.6) is 0 Å². The maximum Gasteiger partial charge on any atom is 0.410 e. The highest BCUT2D eigenvalue weighted by atomic mass is 16.6. The number of carbonyl (C=O) groups excluding carboxylic acids is 1. The minimum atomic E-state index is -0.591. The van der Waals surface area contributed by atoms with Gasteiger partial charge in [0.05, 0.1) is 17.6 Å². The van der Waals surface area contributed by atoms with E-state index in [-0.39, 0.29) is 18.3 Å². The Bertz CT molecular complexity index is 597. The molecule has 1 fully saturated rings. The first-order valence-corrected chi connectivity index (χ1v) is 7.81. The van der Waals surface area contributed by atoms with Gasteiger partial charge in [-0.2, -0.15) is 0 Å². The van der Waals surface area contributed by atoms with E-state index >= 15 is 0 Å². The number of hydrogen-bond donors (Lipinski definition) is 1. The number of benzene rings is 1. The van der Waals surface area contributed by atoms with Crippen molar-refractivity contribution < 1.29 is 19.6 Å². The SMILES string of the molecule is CC(C)(C)OC(=O)N1CCN(c2ccc([N+](=O)[O-])cc2)C[C@H]1CO. The molecule has 24 heavy (non-hydrogen) atoms. The third kappa shape index (κ3) is 4.35. The predicted molar refractivity (Wildman–Crippen MR) is 89.1 cm³/mol. The van der Waals surface area contributed by atoms with Crippen LogP contribution in [0.2, 0.25) is 0 Å². The first-order chi connectivity index (χ1) is 11.2. The van der Waals surface area contributed by atoms with Crippen LogP contribution in [0.15, 0.2) is 24.3 Å². The number of nitro groups is 1. The average Bonchev–Trinajstić information content (AvgIpc) is 2.52. The first kappa shape index (κ1) is 18.0. The number of nitro benzene ring substituents is 1. The van der Waals surface area contributed by atoms with E-state index in [1.165, 1.54) is 17.0 Å². The first-order valence-electron chi connectivity index (χ1n) is 7.81. The van der Waals surface area contributed by atoms with E-state index in [9.17, 15) is 20.0 Å². The Balaban J connectivity index is 2.06. The van der Waals surface area contributed by atoms with Gasteiger partial charge in [-0.3, -0.25) is 15.0 Å². The Morgan fingerprint density at radius 2 is 1.96 bits per heavy atom. The fourth-order valence-electron chi connectivity index (χ4n) is 2.59. The van der Waals surface area contributed by atoms with Crippen LogP contribution in [-0.4, -0.2) is 58.9 Å². The van der Waals surface area contributed by atoms with Crippen molar-refractivity contribution in [3.05, 3.63) is 34.4 Å². The standard InChI is InChI=1S/C16H23N3O5/c1-16(2,3)24-15(21)18-9-8-17(10-14(18)11-20)12-4-6-13(7-5-12)19(22)23/h4-7,14,20H,8-11H2,1-3H3/t14-/m0/s1. The summed E-state index contributed by atoms with van der Waals surface area (Å²) in [5, 5.41) is 20.3. The van der Waals surface area contributed by atoms with Gasteiger partial charge in [-0.25, -0.2) is 4.79 Å². The molecule has 1 N–H and O–H groups in total. The number of non-ortho nitro benzene ring substituents is 1. The lowest BCUT2D eigenvalue weighted by Gasteiger charge is -2.41. The van der Waals surface area contributed by atoms with Gasteiger partial charge in [0, 0.05) is 37.5 Å². The third-order valence-corrected chi connectivity index (χ3v) is 3.75. The number of nitrogens with zero attached hydrogens (tertiary/aromatic N) is 3. The molecule has 1 aliphatic heterocycles. The molecule has 0 spiro atoms. The van der Waals surface area contributed by atoms with Crippen LogP contribution in [0.4, 0.5) is 16.2 Å². The fourth-order valence-corrected chi connectivity index (χ4v) is 2.59. The quantitative estimate of drug-likeness (QED) is 0.669. The van der Waals surface area contributed by atoms with Crippen LogP contribution < -0.4 is 4.90 Å². The lowest BCUT2D eigenvalue weighted by molar-refractivity contribution is -0.384. The molecule has 1 aromatic rings. The second kappa shape index (κ2) is 7.04. The van der Waals surface area contributed by atoms with Crippen molar-refractivity contribution in [3.63, 3.8) is 0 Å². The van der Waals surface area contributed by atoms with Crippen LogP contribution in [0.1, 0.15) is 20.8 Å². The third-order valence-electron chi connectivity index (χ3n) is 3.75. The molecule has 0 unspecified atom stereocenters. The van der Waals surface area contributed by atoms with Crippen LogP contribution in [0.25, 0.3) is 0 Å². The molecule has 1 saturated heterocycles. The Labute approximate surface area is 140 Å². The fraction of sp³-hybridized carbons (Fsp3) is 0.562. The van der Waals surface area contributed by atoms with Crippen molar-refractivity contribution in [2.45, 2.75) is 32.4 Å². The van der Waals surface area contributed by atoms with Crippen molar-refractivity contribution in [2.75, 3.05) is 31.1 Å². The molecule has 0 radical (unpaired) electrons. The van der Waals surface area contributed by atoms with Gasteiger partial charge in [0.1, 0.15) is 5.60 Å². The molecule has 8 nitrogen and oxygen atoms in total. The summed E-state index contributed by atoms with van der Waals surface area (Å²) in [5.41, 5.74) is 0.264. The van der Waals surface area contributed by atoms with Crippen LogP contribution >= 0.6 is 0 Å². The average molecular weight is 337 g/mol. The largest absolute Gasteiger partial charge is 0.444 e. The lowest BCUT2D eigenvalue weighted by atomic mass is 10.1. The van der Waals surface area contributed by atoms with Crippen molar-refractivity contribution in [1.29, 1.82) is 0 Å². The van der Waals surface area contributed by atoms with Crippen LogP contribution in [0.3, 0.4) is 0 Å². The second-order valence-electron chi connectivity index (χ2n) is 6.73. The monoisotopic (exact) mass is 337 g/mol. The maximum absolute atomic E-state index is 12.2. The van der Waals surface area contributed by atoms with Gasteiger partial charge in [0.2, 0.25) is 0 Å². The van der Waals surface area contributed by atoms with Crippen molar-refractivity contribution in [1.82, 2.24) is 4.90 Å². The smallest absolute Gasteiger partial charge is 0.410 e. The Morgan fingerprint density at radius 1 is 1.33 bits per heavy atom. The molecule has 132 valence electrons. The van der Waals surface area contributed by atoms with Gasteiger partial charge in [0.15, 0.2) is 0 Å². The second-order valence-corrected chi connectivity index (χ2v) is 6.73. The Morgan fingerprint density at radius 3 is 2.46 bits per heavy atom. The zero-order valence-electron chi connectivity index (χ0n) is 14.1. The summed E-state index contributed by atoms with van der Waals surface area (Å²) in [7, 11) is 0. The highest BCUT2D eigenvalue weighted by Gasteiger charge is 2.33. The summed E-state index contributed by atoms with van der Waals surface area (Å²) in [6.45, 7) is 6.63. The number of piperazine rings is 1. The van der Waals surface area contributed by atoms with Gasteiger partial charge in [-0.05, 0) is 32.9 Å². The van der Waals surface area contributed by atoms with Gasteiger partial charge >= 0.3 is 6.09 Å². The topological polar surface area (TPSA) is 96.2 Å². The molecule has 1 atom stereocenters. The number of aliphatic hydroxyl groups excluding tert-OH is 1. The molecule has 0 bridgehead atoms. The zero-order valence-corrected chi connectivity index (χ0v) is 14.1. The number of hydrogen-bond acceptors (Lipinski definition) is 6. The zero-order chi connectivity index (χ0) is 17.9. The molecule has 1 aromatic carbocycles. The molecule has 1 amide bonds. The summed E-state index contributed by atoms with van der Waals surface area (Å²) in [4.78, 5) is 26.0. The van der Waals surface area contributed by atoms with E-state index in [0.717, 1.165) is 5.69 Å². The number of carbonyl (C=O) groups is 1. The van der Waals surface area contributed by atoms with Crippen molar-refractivity contribution in [3.8, 4) is 0 Å². The van der Waals surface area contributed by atoms with E-state index < -0.39 is 16.6 Å². The van der Waals surface area contributed by atoms with Crippen LogP contribution in [0, 0.1) is 10.1 Å². The Hall–Kier alpha value is -2.35. The minimum Gasteiger partial charge on any atom is -0.444 e. The predicted octanol–water partition coefficient (Wildman–Crippen LogP) is 2.01. The van der Waals surface area contributed by atoms with Gasteiger partial charge in [-0.15, -0.1) is 0 Å². The van der Waals surface area contributed by atoms with E-state index in [2.05, 4.69) is 0 Å². The van der Waals surface area contributed by atoms with Gasteiger partial charge < -0.3 is 14.7 Å². The van der Waals surface area contributed by atoms with Gasteiger partial charge in [-0.1, -0.05) is 0 Å². The van der Waals surface area contributed by atoms with Crippen LogP contribution in [-0.2, 0) is 4.74 Å². The van der Waals surface area contributed by atoms with E-state index in [1.54, 1.807) is 32.9 Å². The molecule has 8 heteroatoms. The number of ether oxygens (including phenoxy) is 1. The highest BCUT2D eigenvalue weighted by Crippen LogP contribution is 2.23. The molecular weight excluding hydrogens is 314 g/mol. The minimum absolute atomic E-state index is 0.0323. The number of aliphatic hydroxyl groups is 1. The molecular formula is C16H23N3O5. The molecule has 0 saturated carbocycles. The molecule has 1 aliphatic rings. The highest BCUT2D eigenvalue weighted by molar-refractivity contribution is 5.69. The number of anilines is 1. The summed E-state index contributed by atoms with van der Waals surface area (Å²) >= 11 is 0. The Kier molecular flexibility index (Phi) is 5.28. The summed E-state index contributed by atoms with van der Waals surface area (Å²) in [5.74, 6) is 0. The van der Waals surface area contributed by atoms with E-state index in [0.29, 0.717) is 19.6 Å². The number of amides is 1.